The summed E-state index contributed by atoms with van der Waals surface area (Å²) in [5, 5.41) is 2.36. The molecule has 0 saturated heterocycles. The molecule has 1 unspecified atom stereocenters. The molecule has 0 amide bonds. The average Bonchev–Trinajstić information content (AvgIpc) is 3.15. The van der Waals surface area contributed by atoms with Crippen LogP contribution in [-0.4, -0.2) is 48.2 Å². The molecular formula is C24H22Cl3N3O2S. The van der Waals surface area contributed by atoms with E-state index >= 15 is 0 Å². The van der Waals surface area contributed by atoms with E-state index in [0.29, 0.717) is 38.1 Å². The maximum atomic E-state index is 13.2. The number of thioether (sulfide) groups is 1. The third kappa shape index (κ3) is 4.96. The van der Waals surface area contributed by atoms with Gasteiger partial charge in [0.2, 0.25) is 0 Å². The van der Waals surface area contributed by atoms with E-state index in [9.17, 15) is 4.79 Å². The number of esters is 1. The first kappa shape index (κ1) is 24.2. The first-order valence-electron chi connectivity index (χ1n) is 10.3. The molecule has 0 radical (unpaired) electrons. The fourth-order valence-electron chi connectivity index (χ4n) is 3.67. The van der Waals surface area contributed by atoms with E-state index in [-0.39, 0.29) is 6.61 Å². The Morgan fingerprint density at radius 3 is 2.42 bits per heavy atom. The molecule has 172 valence electrons. The summed E-state index contributed by atoms with van der Waals surface area (Å²) in [5.41, 5.74) is 2.56. The molecule has 0 aliphatic carbocycles. The van der Waals surface area contributed by atoms with E-state index in [2.05, 4.69) is 0 Å². The minimum atomic E-state index is -0.496. The zero-order valence-electron chi connectivity index (χ0n) is 18.3. The lowest BCUT2D eigenvalue weighted by molar-refractivity contribution is -0.140. The van der Waals surface area contributed by atoms with E-state index in [0.717, 1.165) is 16.0 Å². The van der Waals surface area contributed by atoms with Crippen molar-refractivity contribution in [2.45, 2.75) is 13.0 Å². The number of nitrogens with zero attached hydrogens (tertiary/aromatic N) is 3. The normalized spacial score (nSPS) is 17.8. The van der Waals surface area contributed by atoms with E-state index in [1.54, 1.807) is 18.2 Å². The lowest BCUT2D eigenvalue weighted by Crippen LogP contribution is -2.34. The Bertz CT molecular complexity index is 1170. The van der Waals surface area contributed by atoms with Gasteiger partial charge in [-0.05, 0) is 56.5 Å². The van der Waals surface area contributed by atoms with Gasteiger partial charge in [0, 0.05) is 28.2 Å². The summed E-state index contributed by atoms with van der Waals surface area (Å²) in [6.45, 7) is 2.72. The summed E-state index contributed by atoms with van der Waals surface area (Å²) < 4.78 is 5.61. The Morgan fingerprint density at radius 1 is 1.09 bits per heavy atom. The molecule has 5 nitrogen and oxygen atoms in total. The first-order valence-corrected chi connectivity index (χ1v) is 12.2. The summed E-state index contributed by atoms with van der Waals surface area (Å²) in [5.74, 6) is -0.412. The molecule has 2 aliphatic rings. The van der Waals surface area contributed by atoms with Crippen molar-refractivity contribution in [3.05, 3.63) is 86.1 Å². The summed E-state index contributed by atoms with van der Waals surface area (Å²) in [4.78, 5) is 22.7. The molecule has 0 N–H and O–H groups in total. The fourth-order valence-corrected chi connectivity index (χ4v) is 5.76. The zero-order chi connectivity index (χ0) is 23.7. The minimum absolute atomic E-state index is 0.277. The van der Waals surface area contributed by atoms with Gasteiger partial charge in [-0.3, -0.25) is 0 Å². The number of hydrogen-bond acceptors (Lipinski definition) is 6. The molecule has 1 atom stereocenters. The average molecular weight is 523 g/mol. The predicted molar refractivity (Wildman–Crippen MR) is 138 cm³/mol. The SMILES string of the molecule is CC1=C(C(=O)OCCN(C)C)C(c2ccccc2Cl)N2C=C(c3c(Cl)cccc3Cl)SC2=N1. The second kappa shape index (κ2) is 10.1. The summed E-state index contributed by atoms with van der Waals surface area (Å²) in [6.07, 6.45) is 1.92. The number of hydrogen-bond donors (Lipinski definition) is 0. The van der Waals surface area contributed by atoms with Crippen LogP contribution < -0.4 is 0 Å². The van der Waals surface area contributed by atoms with Crippen LogP contribution in [0.4, 0.5) is 0 Å². The number of rotatable bonds is 6. The van der Waals surface area contributed by atoms with Crippen molar-refractivity contribution in [3.63, 3.8) is 0 Å². The highest BCUT2D eigenvalue weighted by Gasteiger charge is 2.40. The number of ether oxygens (including phenoxy) is 1. The maximum absolute atomic E-state index is 13.2. The number of aliphatic imine (C=N–C) groups is 1. The number of halogens is 3. The van der Waals surface area contributed by atoms with Crippen LogP contribution in [0, 0.1) is 0 Å². The Balaban J connectivity index is 1.78. The topological polar surface area (TPSA) is 45.1 Å². The third-order valence-corrected chi connectivity index (χ3v) is 7.27. The van der Waals surface area contributed by atoms with Crippen molar-refractivity contribution in [3.8, 4) is 0 Å². The number of carbonyl (C=O) groups is 1. The molecule has 2 heterocycles. The zero-order valence-corrected chi connectivity index (χ0v) is 21.4. The van der Waals surface area contributed by atoms with Crippen LogP contribution >= 0.6 is 46.6 Å². The second-order valence-electron chi connectivity index (χ2n) is 7.86. The maximum Gasteiger partial charge on any atom is 0.338 e. The standard InChI is InChI=1S/C24H22Cl3N3O2S/c1-14-20(23(31)32-12-11-29(2)3)22(15-7-4-5-8-16(15)25)30-13-19(33-24(30)28-14)21-17(26)9-6-10-18(21)27/h4-10,13,22H,11-12H2,1-3H3. The molecule has 0 fully saturated rings. The second-order valence-corrected chi connectivity index (χ2v) is 10.1. The van der Waals surface area contributed by atoms with Crippen LogP contribution in [0.2, 0.25) is 15.1 Å². The Morgan fingerprint density at radius 2 is 1.76 bits per heavy atom. The van der Waals surface area contributed by atoms with Gasteiger partial charge in [-0.2, -0.15) is 0 Å². The van der Waals surface area contributed by atoms with Crippen molar-refractivity contribution >= 4 is 62.6 Å². The summed E-state index contributed by atoms with van der Waals surface area (Å²) in [6, 6.07) is 12.4. The molecule has 33 heavy (non-hydrogen) atoms. The van der Waals surface area contributed by atoms with Crippen LogP contribution in [0.25, 0.3) is 4.91 Å². The quantitative estimate of drug-likeness (QED) is 0.406. The number of amidine groups is 1. The largest absolute Gasteiger partial charge is 0.461 e. The molecule has 2 aromatic carbocycles. The van der Waals surface area contributed by atoms with Crippen LogP contribution in [-0.2, 0) is 9.53 Å². The molecule has 9 heteroatoms. The third-order valence-electron chi connectivity index (χ3n) is 5.28. The smallest absolute Gasteiger partial charge is 0.338 e. The van der Waals surface area contributed by atoms with E-state index in [1.807, 2.05) is 61.3 Å². The number of likely N-dealkylation sites (N-methyl/N-ethyl adjacent to an activating group) is 1. The van der Waals surface area contributed by atoms with E-state index < -0.39 is 12.0 Å². The molecule has 2 aromatic rings. The number of benzene rings is 2. The van der Waals surface area contributed by atoms with E-state index in [1.165, 1.54) is 11.8 Å². The Kier molecular flexibility index (Phi) is 7.41. The van der Waals surface area contributed by atoms with Gasteiger partial charge >= 0.3 is 5.97 Å². The van der Waals surface area contributed by atoms with Gasteiger partial charge in [-0.1, -0.05) is 59.1 Å². The monoisotopic (exact) mass is 521 g/mol. The number of allylic oxidation sites excluding steroid dienone is 1. The van der Waals surface area contributed by atoms with Crippen LogP contribution in [0.5, 0.6) is 0 Å². The van der Waals surface area contributed by atoms with Crippen molar-refractivity contribution in [1.82, 2.24) is 9.80 Å². The lowest BCUT2D eigenvalue weighted by atomic mass is 9.94. The first-order chi connectivity index (χ1) is 15.8. The van der Waals surface area contributed by atoms with Gasteiger partial charge < -0.3 is 14.5 Å². The van der Waals surface area contributed by atoms with Crippen LogP contribution in [0.3, 0.4) is 0 Å². The van der Waals surface area contributed by atoms with Crippen molar-refractivity contribution in [2.75, 3.05) is 27.2 Å². The summed E-state index contributed by atoms with van der Waals surface area (Å²) >= 11 is 21.0. The summed E-state index contributed by atoms with van der Waals surface area (Å²) in [7, 11) is 3.85. The highest BCUT2D eigenvalue weighted by atomic mass is 35.5. The van der Waals surface area contributed by atoms with Gasteiger partial charge in [-0.15, -0.1) is 0 Å². The number of fused-ring (bicyclic) bond motifs is 1. The van der Waals surface area contributed by atoms with Crippen LogP contribution in [0.1, 0.15) is 24.1 Å². The molecule has 0 spiro atoms. The van der Waals surface area contributed by atoms with Crippen molar-refractivity contribution < 1.29 is 9.53 Å². The highest BCUT2D eigenvalue weighted by Crippen LogP contribution is 2.49. The van der Waals surface area contributed by atoms with Gasteiger partial charge in [0.25, 0.3) is 0 Å². The molecule has 0 bridgehead atoms. The van der Waals surface area contributed by atoms with Gasteiger partial charge in [-0.25, -0.2) is 9.79 Å². The van der Waals surface area contributed by atoms with Crippen LogP contribution in [0.15, 0.2) is 64.9 Å². The lowest BCUT2D eigenvalue weighted by Gasteiger charge is -2.33. The molecule has 0 aromatic heterocycles. The Hall–Kier alpha value is -1.96. The molecule has 0 saturated carbocycles. The molecule has 2 aliphatic heterocycles. The Labute approximate surface area is 212 Å². The predicted octanol–water partition coefficient (Wildman–Crippen LogP) is 6.48. The molecular weight excluding hydrogens is 501 g/mol. The fraction of sp³-hybridized carbons (Fsp3) is 0.250. The van der Waals surface area contributed by atoms with Crippen molar-refractivity contribution in [1.29, 1.82) is 0 Å². The molecule has 4 rings (SSSR count). The van der Waals surface area contributed by atoms with Gasteiger partial charge in [0.15, 0.2) is 5.17 Å². The van der Waals surface area contributed by atoms with E-state index in [4.69, 9.17) is 44.5 Å². The number of carbonyl (C=O) groups excluding carboxylic acids is 1. The van der Waals surface area contributed by atoms with Crippen molar-refractivity contribution in [2.24, 2.45) is 4.99 Å². The highest BCUT2D eigenvalue weighted by molar-refractivity contribution is 8.22. The van der Waals surface area contributed by atoms with Gasteiger partial charge in [0.05, 0.1) is 27.4 Å². The van der Waals surface area contributed by atoms with Gasteiger partial charge in [0.1, 0.15) is 6.61 Å². The minimum Gasteiger partial charge on any atom is -0.461 e.